The van der Waals surface area contributed by atoms with E-state index < -0.39 is 0 Å². The maximum atomic E-state index is 11.3. The van der Waals surface area contributed by atoms with E-state index in [-0.39, 0.29) is 11.8 Å². The topological polar surface area (TPSA) is 20.3 Å². The van der Waals surface area contributed by atoms with Crippen LogP contribution in [0.5, 0.6) is 0 Å². The highest BCUT2D eigenvalue weighted by Crippen LogP contribution is 2.22. The Labute approximate surface area is 109 Å². The smallest absolute Gasteiger partial charge is 0.186 e. The molecule has 0 aliphatic carbocycles. The number of Topliss-reactive ketones (excluding diaryl/α,β-unsaturated/α-hetero) is 1. The van der Waals surface area contributed by atoms with Gasteiger partial charge < -0.3 is 4.90 Å². The average molecular weight is 249 g/mol. The molecule has 17 heavy (non-hydrogen) atoms. The van der Waals surface area contributed by atoms with Gasteiger partial charge in [-0.05, 0) is 12.5 Å². The van der Waals surface area contributed by atoms with Crippen molar-refractivity contribution in [1.29, 1.82) is 0 Å². The molecule has 0 amide bonds. The van der Waals surface area contributed by atoms with Crippen LogP contribution >= 0.6 is 12.2 Å². The number of hydrogen-bond donors (Lipinski definition) is 0. The molecule has 0 N–H and O–H groups in total. The van der Waals surface area contributed by atoms with E-state index in [0.29, 0.717) is 10.9 Å². The summed E-state index contributed by atoms with van der Waals surface area (Å²) in [5.74, 6) is 0.285. The summed E-state index contributed by atoms with van der Waals surface area (Å²) in [7, 11) is 1.88. The Morgan fingerprint density at radius 2 is 1.76 bits per heavy atom. The van der Waals surface area contributed by atoms with Gasteiger partial charge in [-0.2, -0.15) is 0 Å². The lowest BCUT2D eigenvalue weighted by atomic mass is 9.93. The largest absolute Gasteiger partial charge is 0.360 e. The SMILES string of the molecule is CC(=O)C(=S)N(C)C(C)C(C)c1ccccc1. The van der Waals surface area contributed by atoms with Crippen LogP contribution in [-0.4, -0.2) is 28.8 Å². The fourth-order valence-corrected chi connectivity index (χ4v) is 1.97. The van der Waals surface area contributed by atoms with Crippen molar-refractivity contribution in [3.05, 3.63) is 35.9 Å². The second kappa shape index (κ2) is 5.92. The van der Waals surface area contributed by atoms with Gasteiger partial charge in [0.2, 0.25) is 0 Å². The molecule has 0 saturated heterocycles. The van der Waals surface area contributed by atoms with Crippen LogP contribution in [0.2, 0.25) is 0 Å². The molecule has 2 atom stereocenters. The van der Waals surface area contributed by atoms with Gasteiger partial charge in [0, 0.05) is 25.9 Å². The molecule has 0 saturated carbocycles. The van der Waals surface area contributed by atoms with Crippen molar-refractivity contribution in [3.63, 3.8) is 0 Å². The van der Waals surface area contributed by atoms with E-state index in [1.807, 2.05) is 30.1 Å². The number of ketones is 1. The van der Waals surface area contributed by atoms with Crippen molar-refractivity contribution in [1.82, 2.24) is 4.90 Å². The molecular formula is C14H19NOS. The standard InChI is InChI=1S/C14H19NOS/c1-10(13-8-6-5-7-9-13)11(2)15(4)14(17)12(3)16/h5-11H,1-4H3. The van der Waals surface area contributed by atoms with Crippen LogP contribution in [0.15, 0.2) is 30.3 Å². The molecule has 92 valence electrons. The number of rotatable bonds is 4. The van der Waals surface area contributed by atoms with Crippen LogP contribution in [-0.2, 0) is 4.79 Å². The second-order valence-electron chi connectivity index (χ2n) is 4.41. The Hall–Kier alpha value is -1.22. The molecule has 0 aliphatic rings. The van der Waals surface area contributed by atoms with E-state index in [0.717, 1.165) is 0 Å². The first-order chi connectivity index (χ1) is 7.95. The third-order valence-electron chi connectivity index (χ3n) is 3.28. The van der Waals surface area contributed by atoms with Crippen molar-refractivity contribution >= 4 is 23.0 Å². The lowest BCUT2D eigenvalue weighted by Crippen LogP contribution is -2.40. The minimum Gasteiger partial charge on any atom is -0.360 e. The maximum Gasteiger partial charge on any atom is 0.186 e. The number of thiocarbonyl (C=S) groups is 1. The molecule has 0 aliphatic heterocycles. The Morgan fingerprint density at radius 1 is 1.24 bits per heavy atom. The van der Waals surface area contributed by atoms with Crippen LogP contribution in [0.4, 0.5) is 0 Å². The van der Waals surface area contributed by atoms with Crippen LogP contribution in [0.3, 0.4) is 0 Å². The number of carbonyl (C=O) groups is 1. The van der Waals surface area contributed by atoms with Gasteiger partial charge in [0.1, 0.15) is 4.99 Å². The van der Waals surface area contributed by atoms with Crippen molar-refractivity contribution < 1.29 is 4.79 Å². The van der Waals surface area contributed by atoms with E-state index >= 15 is 0 Å². The second-order valence-corrected chi connectivity index (χ2v) is 4.80. The lowest BCUT2D eigenvalue weighted by molar-refractivity contribution is -0.111. The number of likely N-dealkylation sites (N-methyl/N-ethyl adjacent to an activating group) is 1. The zero-order valence-corrected chi connectivity index (χ0v) is 11.6. The molecule has 2 nitrogen and oxygen atoms in total. The van der Waals surface area contributed by atoms with Gasteiger partial charge in [-0.25, -0.2) is 0 Å². The van der Waals surface area contributed by atoms with Crippen molar-refractivity contribution in [2.24, 2.45) is 0 Å². The van der Waals surface area contributed by atoms with Gasteiger partial charge in [-0.3, -0.25) is 4.79 Å². The van der Waals surface area contributed by atoms with Gasteiger partial charge in [0.15, 0.2) is 5.78 Å². The molecule has 1 aromatic rings. The first kappa shape index (κ1) is 13.8. The number of nitrogens with zero attached hydrogens (tertiary/aromatic N) is 1. The Kier molecular flexibility index (Phi) is 4.82. The lowest BCUT2D eigenvalue weighted by Gasteiger charge is -2.31. The van der Waals surface area contributed by atoms with E-state index in [1.54, 1.807) is 0 Å². The van der Waals surface area contributed by atoms with E-state index in [9.17, 15) is 4.79 Å². The Bertz CT molecular complexity index is 402. The quantitative estimate of drug-likeness (QED) is 0.765. The normalized spacial score (nSPS) is 13.9. The molecule has 0 aromatic heterocycles. The Morgan fingerprint density at radius 3 is 2.24 bits per heavy atom. The summed E-state index contributed by atoms with van der Waals surface area (Å²) in [6, 6.07) is 10.5. The van der Waals surface area contributed by atoms with Gasteiger partial charge in [-0.1, -0.05) is 49.5 Å². The molecule has 0 heterocycles. The average Bonchev–Trinajstić information content (AvgIpc) is 2.36. The van der Waals surface area contributed by atoms with E-state index in [4.69, 9.17) is 12.2 Å². The summed E-state index contributed by atoms with van der Waals surface area (Å²) in [5.41, 5.74) is 1.26. The predicted octanol–water partition coefficient (Wildman–Crippen LogP) is 3.03. The fourth-order valence-electron chi connectivity index (χ4n) is 1.80. The first-order valence-corrected chi connectivity index (χ1v) is 6.18. The number of carbonyl (C=O) groups excluding carboxylic acids is 1. The fraction of sp³-hybridized carbons (Fsp3) is 0.429. The van der Waals surface area contributed by atoms with Gasteiger partial charge in [0.25, 0.3) is 0 Å². The third kappa shape index (κ3) is 3.37. The minimum absolute atomic E-state index is 0.0467. The predicted molar refractivity (Wildman–Crippen MR) is 75.4 cm³/mol. The number of benzene rings is 1. The summed E-state index contributed by atoms with van der Waals surface area (Å²) in [6.07, 6.45) is 0. The monoisotopic (exact) mass is 249 g/mol. The van der Waals surface area contributed by atoms with Gasteiger partial charge >= 0.3 is 0 Å². The van der Waals surface area contributed by atoms with Crippen LogP contribution in [0, 0.1) is 0 Å². The zero-order chi connectivity index (χ0) is 13.0. The molecule has 0 radical (unpaired) electrons. The maximum absolute atomic E-state index is 11.3. The highest BCUT2D eigenvalue weighted by Gasteiger charge is 2.21. The molecule has 3 heteroatoms. The summed E-state index contributed by atoms with van der Waals surface area (Å²) in [6.45, 7) is 5.75. The summed E-state index contributed by atoms with van der Waals surface area (Å²) < 4.78 is 0. The minimum atomic E-state index is -0.0467. The van der Waals surface area contributed by atoms with Gasteiger partial charge in [-0.15, -0.1) is 0 Å². The number of hydrogen-bond acceptors (Lipinski definition) is 2. The first-order valence-electron chi connectivity index (χ1n) is 5.77. The summed E-state index contributed by atoms with van der Waals surface area (Å²) >= 11 is 5.12. The van der Waals surface area contributed by atoms with Crippen LogP contribution < -0.4 is 0 Å². The van der Waals surface area contributed by atoms with E-state index in [2.05, 4.69) is 26.0 Å². The van der Waals surface area contributed by atoms with Crippen molar-refractivity contribution in [2.45, 2.75) is 32.7 Å². The van der Waals surface area contributed by atoms with E-state index in [1.165, 1.54) is 12.5 Å². The highest BCUT2D eigenvalue weighted by molar-refractivity contribution is 7.82. The molecule has 1 aromatic carbocycles. The molecule has 1 rings (SSSR count). The molecule has 0 spiro atoms. The molecule has 2 unspecified atom stereocenters. The molecular weight excluding hydrogens is 230 g/mol. The third-order valence-corrected chi connectivity index (χ3v) is 3.86. The van der Waals surface area contributed by atoms with Crippen LogP contribution in [0.1, 0.15) is 32.3 Å². The van der Waals surface area contributed by atoms with Gasteiger partial charge in [0.05, 0.1) is 0 Å². The highest BCUT2D eigenvalue weighted by atomic mass is 32.1. The van der Waals surface area contributed by atoms with Crippen molar-refractivity contribution in [2.75, 3.05) is 7.05 Å². The Balaban J connectivity index is 2.80. The molecule has 0 bridgehead atoms. The van der Waals surface area contributed by atoms with Crippen molar-refractivity contribution in [3.8, 4) is 0 Å². The zero-order valence-electron chi connectivity index (χ0n) is 10.8. The molecule has 0 fully saturated rings. The summed E-state index contributed by atoms with van der Waals surface area (Å²) in [5, 5.41) is 0. The summed E-state index contributed by atoms with van der Waals surface area (Å²) in [4.78, 5) is 13.6. The van der Waals surface area contributed by atoms with Crippen LogP contribution in [0.25, 0.3) is 0 Å².